The van der Waals surface area contributed by atoms with Gasteiger partial charge >= 0.3 is 0 Å². The van der Waals surface area contributed by atoms with Crippen LogP contribution in [0.1, 0.15) is 33.6 Å². The molecule has 0 saturated carbocycles. The van der Waals surface area contributed by atoms with Gasteiger partial charge in [0.2, 0.25) is 0 Å². The van der Waals surface area contributed by atoms with Crippen LogP contribution in [0.2, 0.25) is 0 Å². The van der Waals surface area contributed by atoms with Gasteiger partial charge in [0.05, 0.1) is 11.8 Å². The summed E-state index contributed by atoms with van der Waals surface area (Å²) in [7, 11) is 1.91. The van der Waals surface area contributed by atoms with Crippen LogP contribution >= 0.6 is 0 Å². The van der Waals surface area contributed by atoms with Gasteiger partial charge in [0.1, 0.15) is 5.82 Å². The van der Waals surface area contributed by atoms with Crippen molar-refractivity contribution in [1.82, 2.24) is 0 Å². The van der Waals surface area contributed by atoms with Gasteiger partial charge in [-0.15, -0.1) is 0 Å². The predicted octanol–water partition coefficient (Wildman–Crippen LogP) is 3.65. The molecule has 0 aliphatic carbocycles. The van der Waals surface area contributed by atoms with Crippen molar-refractivity contribution in [2.24, 2.45) is 0 Å². The minimum Gasteiger partial charge on any atom is -0.382 e. The van der Waals surface area contributed by atoms with E-state index in [-0.39, 0.29) is 18.0 Å². The maximum Gasteiger partial charge on any atom is 0.148 e. The number of ether oxygens (including phenoxy) is 1. The summed E-state index contributed by atoms with van der Waals surface area (Å²) in [4.78, 5) is 1.94. The maximum absolute atomic E-state index is 14.2. The van der Waals surface area contributed by atoms with Crippen LogP contribution in [0.15, 0.2) is 18.2 Å². The molecule has 0 spiro atoms. The number of nitrogens with zero attached hydrogens (tertiary/aromatic N) is 1. The lowest BCUT2D eigenvalue weighted by Gasteiger charge is -2.29. The van der Waals surface area contributed by atoms with Gasteiger partial charge in [0, 0.05) is 31.4 Å². The van der Waals surface area contributed by atoms with Crippen LogP contribution in [0.4, 0.5) is 15.8 Å². The second-order valence-corrected chi connectivity index (χ2v) is 5.92. The van der Waals surface area contributed by atoms with Crippen molar-refractivity contribution in [3.05, 3.63) is 24.0 Å². The van der Waals surface area contributed by atoms with Crippen molar-refractivity contribution in [2.45, 2.75) is 51.8 Å². The Morgan fingerprint density at radius 3 is 2.75 bits per heavy atom. The average molecular weight is 280 g/mol. The number of hydrogen-bond acceptors (Lipinski definition) is 3. The molecule has 0 aromatic heterocycles. The zero-order valence-corrected chi connectivity index (χ0v) is 12.8. The fraction of sp³-hybridized carbons (Fsp3) is 0.625. The first kappa shape index (κ1) is 15.1. The molecule has 1 heterocycles. The first-order valence-corrected chi connectivity index (χ1v) is 7.38. The molecule has 112 valence electrons. The second kappa shape index (κ2) is 6.44. The molecule has 2 unspecified atom stereocenters. The molecule has 2 rings (SSSR count). The van der Waals surface area contributed by atoms with Crippen molar-refractivity contribution in [3.63, 3.8) is 0 Å². The molecule has 1 saturated heterocycles. The fourth-order valence-electron chi connectivity index (χ4n) is 2.53. The van der Waals surface area contributed by atoms with Gasteiger partial charge in [-0.2, -0.15) is 0 Å². The van der Waals surface area contributed by atoms with Crippen molar-refractivity contribution in [1.29, 1.82) is 0 Å². The monoisotopic (exact) mass is 280 g/mol. The Labute approximate surface area is 121 Å². The van der Waals surface area contributed by atoms with Crippen LogP contribution in [-0.4, -0.2) is 31.8 Å². The Morgan fingerprint density at radius 1 is 1.40 bits per heavy atom. The van der Waals surface area contributed by atoms with Gasteiger partial charge in [0.15, 0.2) is 0 Å². The summed E-state index contributed by atoms with van der Waals surface area (Å²) in [6, 6.07) is 6.04. The highest BCUT2D eigenvalue weighted by molar-refractivity contribution is 5.56. The SMILES string of the molecule is CC1CC(Nc2ccc(N(C)C(C)C)c(F)c2)CCO1. The molecular formula is C16H25FN2O. The van der Waals surface area contributed by atoms with Gasteiger partial charge in [-0.05, 0) is 51.8 Å². The van der Waals surface area contributed by atoms with Crippen LogP contribution in [0, 0.1) is 5.82 Å². The lowest BCUT2D eigenvalue weighted by atomic mass is 10.0. The van der Waals surface area contributed by atoms with E-state index in [1.165, 1.54) is 0 Å². The van der Waals surface area contributed by atoms with E-state index < -0.39 is 0 Å². The summed E-state index contributed by atoms with van der Waals surface area (Å²) in [5.74, 6) is -0.175. The van der Waals surface area contributed by atoms with E-state index in [4.69, 9.17) is 4.74 Å². The van der Waals surface area contributed by atoms with Crippen molar-refractivity contribution in [3.8, 4) is 0 Å². The molecule has 1 aliphatic heterocycles. The average Bonchev–Trinajstić information content (AvgIpc) is 2.38. The third-order valence-corrected chi connectivity index (χ3v) is 3.96. The van der Waals surface area contributed by atoms with E-state index in [9.17, 15) is 4.39 Å². The van der Waals surface area contributed by atoms with E-state index >= 15 is 0 Å². The van der Waals surface area contributed by atoms with E-state index in [0.717, 1.165) is 25.1 Å². The summed E-state index contributed by atoms with van der Waals surface area (Å²) in [5, 5.41) is 3.41. The van der Waals surface area contributed by atoms with E-state index in [2.05, 4.69) is 26.1 Å². The molecule has 1 fully saturated rings. The number of benzene rings is 1. The Kier molecular flexibility index (Phi) is 4.86. The van der Waals surface area contributed by atoms with Crippen molar-refractivity contribution in [2.75, 3.05) is 23.9 Å². The summed E-state index contributed by atoms with van der Waals surface area (Å²) in [5.41, 5.74) is 1.49. The molecule has 4 heteroatoms. The van der Waals surface area contributed by atoms with Crippen molar-refractivity contribution >= 4 is 11.4 Å². The predicted molar refractivity (Wildman–Crippen MR) is 82.0 cm³/mol. The zero-order valence-electron chi connectivity index (χ0n) is 12.8. The quantitative estimate of drug-likeness (QED) is 0.911. The number of rotatable bonds is 4. The van der Waals surface area contributed by atoms with Crippen molar-refractivity contribution < 1.29 is 9.13 Å². The molecule has 1 aromatic carbocycles. The van der Waals surface area contributed by atoms with Crippen LogP contribution in [-0.2, 0) is 4.74 Å². The third-order valence-electron chi connectivity index (χ3n) is 3.96. The maximum atomic E-state index is 14.2. The summed E-state index contributed by atoms with van der Waals surface area (Å²) >= 11 is 0. The van der Waals surface area contributed by atoms with Gasteiger partial charge in [0.25, 0.3) is 0 Å². The highest BCUT2D eigenvalue weighted by Crippen LogP contribution is 2.25. The smallest absolute Gasteiger partial charge is 0.148 e. The minimum atomic E-state index is -0.175. The topological polar surface area (TPSA) is 24.5 Å². The fourth-order valence-corrected chi connectivity index (χ4v) is 2.53. The van der Waals surface area contributed by atoms with E-state index in [1.54, 1.807) is 6.07 Å². The molecule has 1 aliphatic rings. The molecular weight excluding hydrogens is 255 g/mol. The van der Waals surface area contributed by atoms with Crippen LogP contribution in [0.3, 0.4) is 0 Å². The first-order valence-electron chi connectivity index (χ1n) is 7.38. The summed E-state index contributed by atoms with van der Waals surface area (Å²) in [6.45, 7) is 6.95. The first-order chi connectivity index (χ1) is 9.47. The molecule has 20 heavy (non-hydrogen) atoms. The summed E-state index contributed by atoms with van der Waals surface area (Å²) < 4.78 is 19.7. The minimum absolute atomic E-state index is 0.175. The Balaban J connectivity index is 2.05. The second-order valence-electron chi connectivity index (χ2n) is 5.92. The molecule has 0 radical (unpaired) electrons. The van der Waals surface area contributed by atoms with Crippen LogP contribution in [0.25, 0.3) is 0 Å². The molecule has 1 N–H and O–H groups in total. The summed E-state index contributed by atoms with van der Waals surface area (Å²) in [6.07, 6.45) is 2.21. The van der Waals surface area contributed by atoms with E-state index in [1.807, 2.05) is 24.1 Å². The van der Waals surface area contributed by atoms with E-state index in [0.29, 0.717) is 11.7 Å². The molecule has 1 aromatic rings. The van der Waals surface area contributed by atoms with Gasteiger partial charge < -0.3 is 15.0 Å². The standard InChI is InChI=1S/C16H25FN2O/c1-11(2)19(4)16-6-5-13(10-15(16)17)18-14-7-8-20-12(3)9-14/h5-6,10-12,14,18H,7-9H2,1-4H3. The van der Waals surface area contributed by atoms with Gasteiger partial charge in [-0.25, -0.2) is 4.39 Å². The number of halogens is 1. The Bertz CT molecular complexity index is 450. The zero-order chi connectivity index (χ0) is 14.7. The number of nitrogens with one attached hydrogen (secondary N) is 1. The molecule has 0 amide bonds. The molecule has 2 atom stereocenters. The Hall–Kier alpha value is -1.29. The Morgan fingerprint density at radius 2 is 2.15 bits per heavy atom. The molecule has 3 nitrogen and oxygen atoms in total. The molecule has 0 bridgehead atoms. The number of anilines is 2. The largest absolute Gasteiger partial charge is 0.382 e. The van der Waals surface area contributed by atoms with Crippen LogP contribution < -0.4 is 10.2 Å². The number of hydrogen-bond donors (Lipinski definition) is 1. The van der Waals surface area contributed by atoms with Gasteiger partial charge in [-0.1, -0.05) is 0 Å². The highest BCUT2D eigenvalue weighted by Gasteiger charge is 2.19. The lowest BCUT2D eigenvalue weighted by molar-refractivity contribution is 0.0232. The van der Waals surface area contributed by atoms with Crippen LogP contribution in [0.5, 0.6) is 0 Å². The highest BCUT2D eigenvalue weighted by atomic mass is 19.1. The third kappa shape index (κ3) is 3.63. The lowest BCUT2D eigenvalue weighted by Crippen LogP contribution is -2.32. The normalized spacial score (nSPS) is 22.9. The van der Waals surface area contributed by atoms with Gasteiger partial charge in [-0.3, -0.25) is 0 Å².